The average molecular weight is 374 g/mol. The van der Waals surface area contributed by atoms with Crippen LogP contribution < -0.4 is 16.0 Å². The van der Waals surface area contributed by atoms with E-state index in [1.54, 1.807) is 38.1 Å². The first-order valence-electron chi connectivity index (χ1n) is 9.10. The van der Waals surface area contributed by atoms with Gasteiger partial charge in [-0.3, -0.25) is 19.8 Å². The molecule has 3 N–H and O–H groups in total. The topological polar surface area (TPSA) is 108 Å². The zero-order chi connectivity index (χ0) is 20.0. The van der Waals surface area contributed by atoms with Gasteiger partial charge in [-0.05, 0) is 25.8 Å². The molecule has 2 rings (SSSR count). The summed E-state index contributed by atoms with van der Waals surface area (Å²) in [6, 6.07) is 7.55. The fraction of sp³-hybridized carbons (Fsp3) is 0.474. The van der Waals surface area contributed by atoms with Crippen molar-refractivity contribution in [3.8, 4) is 0 Å². The van der Waals surface area contributed by atoms with Gasteiger partial charge in [0.1, 0.15) is 12.1 Å². The summed E-state index contributed by atoms with van der Waals surface area (Å²) in [7, 11) is 0. The van der Waals surface area contributed by atoms with E-state index in [4.69, 9.17) is 0 Å². The molecule has 1 aromatic carbocycles. The number of benzene rings is 1. The van der Waals surface area contributed by atoms with Crippen LogP contribution in [0, 0.1) is 0 Å². The molecule has 146 valence electrons. The van der Waals surface area contributed by atoms with Crippen molar-refractivity contribution in [2.75, 3.05) is 6.54 Å². The van der Waals surface area contributed by atoms with Gasteiger partial charge in [0.15, 0.2) is 0 Å². The second-order valence-electron chi connectivity index (χ2n) is 6.87. The highest BCUT2D eigenvalue weighted by Crippen LogP contribution is 2.33. The predicted molar refractivity (Wildman–Crippen MR) is 99.7 cm³/mol. The van der Waals surface area contributed by atoms with Crippen molar-refractivity contribution in [2.24, 2.45) is 0 Å². The van der Waals surface area contributed by atoms with Gasteiger partial charge in [-0.2, -0.15) is 0 Å². The Bertz CT molecular complexity index is 720. The van der Waals surface area contributed by atoms with Crippen LogP contribution >= 0.6 is 0 Å². The number of unbranched alkanes of at least 4 members (excludes halogenated alkanes) is 1. The Kier molecular flexibility index (Phi) is 6.55. The van der Waals surface area contributed by atoms with Crippen LogP contribution in [0.4, 0.5) is 9.59 Å². The molecule has 1 atom stereocenters. The van der Waals surface area contributed by atoms with Crippen molar-refractivity contribution < 1.29 is 19.2 Å². The highest BCUT2D eigenvalue weighted by molar-refractivity contribution is 6.10. The molecule has 0 bridgehead atoms. The molecule has 0 radical (unpaired) electrons. The van der Waals surface area contributed by atoms with Gasteiger partial charge >= 0.3 is 12.1 Å². The van der Waals surface area contributed by atoms with E-state index in [9.17, 15) is 19.2 Å². The molecular weight excluding hydrogens is 348 g/mol. The molecule has 1 aliphatic heterocycles. The predicted octanol–water partition coefficient (Wildman–Crippen LogP) is 1.86. The lowest BCUT2D eigenvalue weighted by molar-refractivity contribution is -0.135. The molecule has 0 saturated carbocycles. The van der Waals surface area contributed by atoms with Gasteiger partial charge in [0, 0.05) is 6.04 Å². The second kappa shape index (κ2) is 8.66. The molecule has 8 heteroatoms. The van der Waals surface area contributed by atoms with Crippen LogP contribution in [0.3, 0.4) is 0 Å². The fourth-order valence-electron chi connectivity index (χ4n) is 3.05. The number of imide groups is 2. The van der Waals surface area contributed by atoms with Gasteiger partial charge in [-0.1, -0.05) is 50.1 Å². The monoisotopic (exact) mass is 374 g/mol. The first kappa shape index (κ1) is 20.4. The molecule has 1 aromatic rings. The summed E-state index contributed by atoms with van der Waals surface area (Å²) in [5, 5.41) is 7.41. The second-order valence-corrected chi connectivity index (χ2v) is 6.87. The van der Waals surface area contributed by atoms with Crippen LogP contribution in [-0.4, -0.2) is 41.4 Å². The average Bonchev–Trinajstić information content (AvgIpc) is 2.85. The Labute approximate surface area is 158 Å². The first-order valence-corrected chi connectivity index (χ1v) is 9.10. The number of nitrogens with one attached hydrogen (secondary N) is 3. The van der Waals surface area contributed by atoms with Gasteiger partial charge in [-0.25, -0.2) is 9.59 Å². The minimum absolute atomic E-state index is 0.144. The molecular formula is C19H26N4O4. The van der Waals surface area contributed by atoms with E-state index in [2.05, 4.69) is 16.0 Å². The zero-order valence-electron chi connectivity index (χ0n) is 15.9. The Morgan fingerprint density at radius 1 is 1.19 bits per heavy atom. The Morgan fingerprint density at radius 2 is 1.85 bits per heavy atom. The molecule has 1 fully saturated rings. The first-order chi connectivity index (χ1) is 12.8. The Balaban J connectivity index is 2.18. The number of nitrogens with zero attached hydrogens (tertiary/aromatic N) is 1. The summed E-state index contributed by atoms with van der Waals surface area (Å²) >= 11 is 0. The Morgan fingerprint density at radius 3 is 2.44 bits per heavy atom. The van der Waals surface area contributed by atoms with Crippen molar-refractivity contribution in [2.45, 2.75) is 51.6 Å². The van der Waals surface area contributed by atoms with E-state index in [0.29, 0.717) is 12.0 Å². The van der Waals surface area contributed by atoms with E-state index >= 15 is 0 Å². The van der Waals surface area contributed by atoms with Crippen molar-refractivity contribution in [3.05, 3.63) is 35.9 Å². The highest BCUT2D eigenvalue weighted by Gasteiger charge is 2.52. The summed E-state index contributed by atoms with van der Waals surface area (Å²) in [4.78, 5) is 50.2. The molecule has 1 aliphatic rings. The van der Waals surface area contributed by atoms with Gasteiger partial charge in [0.25, 0.3) is 5.91 Å². The molecule has 0 unspecified atom stereocenters. The smallest absolute Gasteiger partial charge is 0.325 e. The lowest BCUT2D eigenvalue weighted by Gasteiger charge is -2.27. The molecule has 0 spiro atoms. The third-order valence-electron chi connectivity index (χ3n) is 4.32. The lowest BCUT2D eigenvalue weighted by atomic mass is 9.85. The number of carbonyl (C=O) groups is 4. The van der Waals surface area contributed by atoms with Crippen molar-refractivity contribution >= 4 is 23.9 Å². The molecule has 0 aliphatic carbocycles. The third-order valence-corrected chi connectivity index (χ3v) is 4.32. The standard InChI is InChI=1S/C19H26N4O4/c1-4-5-11-19(14-9-7-6-8-10-14)16(25)23(18(27)22-19)12-15(24)21-17(26)20-13(2)3/h6-10,13H,4-5,11-12H2,1-3H3,(H,22,27)(H2,20,21,24,26)/t19-/m1/s1. The number of hydrogen-bond donors (Lipinski definition) is 3. The van der Waals surface area contributed by atoms with Crippen LogP contribution in [0.2, 0.25) is 0 Å². The number of amides is 6. The largest absolute Gasteiger partial charge is 0.336 e. The van der Waals surface area contributed by atoms with Crippen LogP contribution in [-0.2, 0) is 15.1 Å². The van der Waals surface area contributed by atoms with Gasteiger partial charge < -0.3 is 10.6 Å². The van der Waals surface area contributed by atoms with E-state index in [1.165, 1.54) is 0 Å². The van der Waals surface area contributed by atoms with Gasteiger partial charge in [-0.15, -0.1) is 0 Å². The Hall–Kier alpha value is -2.90. The van der Waals surface area contributed by atoms with Crippen molar-refractivity contribution in [1.29, 1.82) is 0 Å². The fourth-order valence-corrected chi connectivity index (χ4v) is 3.05. The van der Waals surface area contributed by atoms with Crippen LogP contribution in [0.25, 0.3) is 0 Å². The maximum absolute atomic E-state index is 13.1. The summed E-state index contributed by atoms with van der Waals surface area (Å²) in [5.74, 6) is -1.21. The normalized spacial score (nSPS) is 19.2. The quantitative estimate of drug-likeness (QED) is 0.633. The summed E-state index contributed by atoms with van der Waals surface area (Å²) in [6.45, 7) is 4.99. The number of rotatable bonds is 7. The molecule has 1 saturated heterocycles. The van der Waals surface area contributed by atoms with Gasteiger partial charge in [0.2, 0.25) is 5.91 Å². The van der Waals surface area contributed by atoms with E-state index in [-0.39, 0.29) is 6.04 Å². The SMILES string of the molecule is CCCC[C@]1(c2ccccc2)NC(=O)N(CC(=O)NC(=O)NC(C)C)C1=O. The molecule has 6 amide bonds. The van der Waals surface area contributed by atoms with Gasteiger partial charge in [0.05, 0.1) is 0 Å². The lowest BCUT2D eigenvalue weighted by Crippen LogP contribution is -2.48. The molecule has 0 aromatic heterocycles. The van der Waals surface area contributed by atoms with E-state index < -0.39 is 36.0 Å². The minimum Gasteiger partial charge on any atom is -0.336 e. The number of carbonyl (C=O) groups excluding carboxylic acids is 4. The molecule has 27 heavy (non-hydrogen) atoms. The maximum Gasteiger partial charge on any atom is 0.325 e. The highest BCUT2D eigenvalue weighted by atomic mass is 16.2. The summed E-state index contributed by atoms with van der Waals surface area (Å²) in [5.41, 5.74) is -0.508. The van der Waals surface area contributed by atoms with Crippen molar-refractivity contribution in [3.63, 3.8) is 0 Å². The third kappa shape index (κ3) is 4.64. The van der Waals surface area contributed by atoms with E-state index in [0.717, 1.165) is 17.7 Å². The van der Waals surface area contributed by atoms with E-state index in [1.807, 2.05) is 13.0 Å². The number of urea groups is 2. The summed E-state index contributed by atoms with van der Waals surface area (Å²) < 4.78 is 0. The summed E-state index contributed by atoms with van der Waals surface area (Å²) in [6.07, 6.45) is 2.02. The van der Waals surface area contributed by atoms with Crippen LogP contribution in [0.1, 0.15) is 45.6 Å². The maximum atomic E-state index is 13.1. The zero-order valence-corrected chi connectivity index (χ0v) is 15.9. The molecule has 1 heterocycles. The molecule has 8 nitrogen and oxygen atoms in total. The minimum atomic E-state index is -1.19. The van der Waals surface area contributed by atoms with Crippen LogP contribution in [0.15, 0.2) is 30.3 Å². The van der Waals surface area contributed by atoms with Crippen LogP contribution in [0.5, 0.6) is 0 Å². The van der Waals surface area contributed by atoms with Crippen molar-refractivity contribution in [1.82, 2.24) is 20.9 Å². The number of hydrogen-bond acceptors (Lipinski definition) is 4.